The topological polar surface area (TPSA) is 97.4 Å². The Balaban J connectivity index is 1.28. The molecule has 0 bridgehead atoms. The first-order valence-corrected chi connectivity index (χ1v) is 12.3. The Hall–Kier alpha value is -4.30. The molecule has 0 saturated carbocycles. The summed E-state index contributed by atoms with van der Waals surface area (Å²) in [7, 11) is 0. The van der Waals surface area contributed by atoms with Crippen molar-refractivity contribution < 1.29 is 19.1 Å². The van der Waals surface area contributed by atoms with Crippen LogP contribution in [0.25, 0.3) is 10.6 Å². The zero-order chi connectivity index (χ0) is 25.2. The molecule has 7 nitrogen and oxygen atoms in total. The van der Waals surface area contributed by atoms with E-state index in [1.807, 2.05) is 25.1 Å². The number of benzene rings is 3. The molecule has 2 N–H and O–H groups in total. The van der Waals surface area contributed by atoms with Crippen molar-refractivity contribution in [1.29, 1.82) is 0 Å². The van der Waals surface area contributed by atoms with Crippen LogP contribution in [0, 0.1) is 0 Å². The number of fused-ring (bicyclic) bond motifs is 2. The molecule has 0 atom stereocenters. The van der Waals surface area contributed by atoms with E-state index >= 15 is 0 Å². The van der Waals surface area contributed by atoms with Gasteiger partial charge in [-0.25, -0.2) is 4.98 Å². The van der Waals surface area contributed by atoms with Crippen LogP contribution in [0.5, 0.6) is 11.5 Å². The van der Waals surface area contributed by atoms with Gasteiger partial charge in [0.15, 0.2) is 11.5 Å². The van der Waals surface area contributed by atoms with Gasteiger partial charge in [0.2, 0.25) is 0 Å². The Morgan fingerprint density at radius 3 is 2.69 bits per heavy atom. The first kappa shape index (κ1) is 23.4. The molecule has 8 heteroatoms. The maximum Gasteiger partial charge on any atom is 0.259 e. The summed E-state index contributed by atoms with van der Waals surface area (Å²) in [6.07, 6.45) is 2.50. The minimum absolute atomic E-state index is 0.0504. The van der Waals surface area contributed by atoms with E-state index in [4.69, 9.17) is 4.74 Å². The van der Waals surface area contributed by atoms with Gasteiger partial charge in [-0.3, -0.25) is 14.4 Å². The van der Waals surface area contributed by atoms with Gasteiger partial charge in [-0.05, 0) is 55.3 Å². The summed E-state index contributed by atoms with van der Waals surface area (Å²) in [4.78, 5) is 42.6. The Labute approximate surface area is 212 Å². The summed E-state index contributed by atoms with van der Waals surface area (Å²) in [5, 5.41) is 6.55. The highest BCUT2D eigenvalue weighted by Crippen LogP contribution is 2.36. The standard InChI is InChI=1S/C28H23N3O4S/c1-3-17-12-19(8-10-21(17)16(2)32)28-30-15-20(36-28)14-29-26(33)18-9-11-25-23(13-18)31-27(34)22-6-4-5-7-24(22)35-25/h4-13,15H,3,14H2,1-2H3,(H,29,33)(H,31,34). The predicted molar refractivity (Wildman–Crippen MR) is 139 cm³/mol. The number of carbonyl (C=O) groups is 3. The highest BCUT2D eigenvalue weighted by atomic mass is 32.1. The maximum absolute atomic E-state index is 12.8. The van der Waals surface area contributed by atoms with E-state index in [0.717, 1.165) is 33.0 Å². The first-order valence-electron chi connectivity index (χ1n) is 11.5. The summed E-state index contributed by atoms with van der Waals surface area (Å²) in [6.45, 7) is 3.91. The highest BCUT2D eigenvalue weighted by molar-refractivity contribution is 7.15. The molecule has 0 unspecified atom stereocenters. The maximum atomic E-state index is 12.8. The van der Waals surface area contributed by atoms with E-state index in [2.05, 4.69) is 15.6 Å². The lowest BCUT2D eigenvalue weighted by Gasteiger charge is -2.10. The van der Waals surface area contributed by atoms with Crippen molar-refractivity contribution in [3.8, 4) is 22.1 Å². The van der Waals surface area contributed by atoms with Crippen LogP contribution in [0.2, 0.25) is 0 Å². The zero-order valence-corrected chi connectivity index (χ0v) is 20.6. The SMILES string of the molecule is CCc1cc(-c2ncc(CNC(=O)c3ccc4c(c3)NC(=O)c3ccccc3O4)s2)ccc1C(C)=O. The van der Waals surface area contributed by atoms with Crippen LogP contribution in [-0.4, -0.2) is 22.6 Å². The second kappa shape index (κ2) is 9.75. The normalized spacial score (nSPS) is 12.0. The molecule has 4 aromatic rings. The van der Waals surface area contributed by atoms with E-state index in [1.54, 1.807) is 55.6 Å². The average molecular weight is 498 g/mol. The fraction of sp³-hybridized carbons (Fsp3) is 0.143. The van der Waals surface area contributed by atoms with E-state index in [0.29, 0.717) is 34.9 Å². The number of amides is 2. The molecule has 0 aliphatic carbocycles. The molecule has 1 aromatic heterocycles. The Morgan fingerprint density at radius 1 is 1.06 bits per heavy atom. The second-order valence-corrected chi connectivity index (χ2v) is 9.47. The summed E-state index contributed by atoms with van der Waals surface area (Å²) in [5.41, 5.74) is 3.94. The van der Waals surface area contributed by atoms with Gasteiger partial charge in [-0.2, -0.15) is 0 Å². The van der Waals surface area contributed by atoms with Crippen molar-refractivity contribution in [3.05, 3.63) is 94.0 Å². The van der Waals surface area contributed by atoms with Crippen LogP contribution in [0.1, 0.15) is 55.4 Å². The third-order valence-corrected chi connectivity index (χ3v) is 6.98. The van der Waals surface area contributed by atoms with Crippen LogP contribution < -0.4 is 15.4 Å². The summed E-state index contributed by atoms with van der Waals surface area (Å²) >= 11 is 1.49. The van der Waals surface area contributed by atoms with Crippen LogP contribution in [0.15, 0.2) is 66.9 Å². The van der Waals surface area contributed by atoms with Gasteiger partial charge >= 0.3 is 0 Å². The molecule has 5 rings (SSSR count). The third kappa shape index (κ3) is 4.63. The van der Waals surface area contributed by atoms with E-state index < -0.39 is 0 Å². The Kier molecular flexibility index (Phi) is 6.35. The molecule has 0 radical (unpaired) electrons. The van der Waals surface area contributed by atoms with Gasteiger partial charge in [-0.15, -0.1) is 11.3 Å². The number of rotatable bonds is 6. The molecular weight excluding hydrogens is 474 g/mol. The second-order valence-electron chi connectivity index (χ2n) is 8.36. The van der Waals surface area contributed by atoms with Crippen molar-refractivity contribution in [1.82, 2.24) is 10.3 Å². The summed E-state index contributed by atoms with van der Waals surface area (Å²) < 4.78 is 5.88. The molecule has 1 aliphatic heterocycles. The average Bonchev–Trinajstić information content (AvgIpc) is 3.31. The number of nitrogens with zero attached hydrogens (tertiary/aromatic N) is 1. The number of nitrogens with one attached hydrogen (secondary N) is 2. The van der Waals surface area contributed by atoms with Gasteiger partial charge in [0.1, 0.15) is 10.8 Å². The Morgan fingerprint density at radius 2 is 1.89 bits per heavy atom. The number of para-hydroxylation sites is 1. The van der Waals surface area contributed by atoms with Gasteiger partial charge in [0.05, 0.1) is 17.8 Å². The van der Waals surface area contributed by atoms with Crippen LogP contribution in [0.3, 0.4) is 0 Å². The van der Waals surface area contributed by atoms with E-state index in [9.17, 15) is 14.4 Å². The van der Waals surface area contributed by atoms with Gasteiger partial charge in [-0.1, -0.05) is 31.2 Å². The molecule has 180 valence electrons. The van der Waals surface area contributed by atoms with E-state index in [-0.39, 0.29) is 17.6 Å². The van der Waals surface area contributed by atoms with Gasteiger partial charge in [0, 0.05) is 27.8 Å². The number of hydrogen-bond donors (Lipinski definition) is 2. The first-order chi connectivity index (χ1) is 17.4. The van der Waals surface area contributed by atoms with Crippen molar-refractivity contribution in [2.75, 3.05) is 5.32 Å². The largest absolute Gasteiger partial charge is 0.454 e. The third-order valence-electron chi connectivity index (χ3n) is 5.93. The molecule has 2 amide bonds. The number of aromatic nitrogens is 1. The van der Waals surface area contributed by atoms with Crippen molar-refractivity contribution in [3.63, 3.8) is 0 Å². The molecule has 3 aromatic carbocycles. The summed E-state index contributed by atoms with van der Waals surface area (Å²) in [6, 6.07) is 17.7. The van der Waals surface area contributed by atoms with Crippen LogP contribution in [0.4, 0.5) is 5.69 Å². The monoisotopic (exact) mass is 497 g/mol. The molecular formula is C28H23N3O4S. The lowest BCUT2D eigenvalue weighted by Crippen LogP contribution is -2.22. The number of Topliss-reactive ketones (excluding diaryl/α,β-unsaturated/α-hetero) is 1. The van der Waals surface area contributed by atoms with Crippen LogP contribution in [-0.2, 0) is 13.0 Å². The molecule has 2 heterocycles. The van der Waals surface area contributed by atoms with Crippen molar-refractivity contribution in [2.24, 2.45) is 0 Å². The fourth-order valence-corrected chi connectivity index (χ4v) is 4.91. The van der Waals surface area contributed by atoms with Gasteiger partial charge in [0.25, 0.3) is 11.8 Å². The highest BCUT2D eigenvalue weighted by Gasteiger charge is 2.21. The molecule has 0 saturated heterocycles. The zero-order valence-electron chi connectivity index (χ0n) is 19.8. The molecule has 1 aliphatic rings. The minimum Gasteiger partial charge on any atom is -0.454 e. The number of ether oxygens (including phenoxy) is 1. The minimum atomic E-state index is -0.290. The van der Waals surface area contributed by atoms with Crippen molar-refractivity contribution in [2.45, 2.75) is 26.8 Å². The summed E-state index contributed by atoms with van der Waals surface area (Å²) in [5.74, 6) is 0.423. The molecule has 36 heavy (non-hydrogen) atoms. The number of carbonyl (C=O) groups excluding carboxylic acids is 3. The van der Waals surface area contributed by atoms with Gasteiger partial charge < -0.3 is 15.4 Å². The van der Waals surface area contributed by atoms with E-state index in [1.165, 1.54) is 11.3 Å². The molecule has 0 spiro atoms. The van der Waals surface area contributed by atoms with Crippen molar-refractivity contribution >= 4 is 34.6 Å². The van der Waals surface area contributed by atoms with Crippen LogP contribution >= 0.6 is 11.3 Å². The lowest BCUT2D eigenvalue weighted by molar-refractivity contribution is 0.0949. The number of thiazole rings is 1. The number of ketones is 1. The smallest absolute Gasteiger partial charge is 0.259 e. The molecule has 0 fully saturated rings. The lowest BCUT2D eigenvalue weighted by atomic mass is 9.99. The number of hydrogen-bond acceptors (Lipinski definition) is 6. The predicted octanol–water partition coefficient (Wildman–Crippen LogP) is 5.86. The Bertz CT molecular complexity index is 1510. The fourth-order valence-electron chi connectivity index (χ4n) is 4.06. The number of aryl methyl sites for hydroxylation is 1. The quantitative estimate of drug-likeness (QED) is 0.325. The number of anilines is 1.